The van der Waals surface area contributed by atoms with Crippen LogP contribution in [0.5, 0.6) is 0 Å². The van der Waals surface area contributed by atoms with Crippen LogP contribution in [0.25, 0.3) is 0 Å². The lowest BCUT2D eigenvalue weighted by atomic mass is 10.2. The normalized spacial score (nSPS) is 16.3. The van der Waals surface area contributed by atoms with Gasteiger partial charge in [-0.3, -0.25) is 4.99 Å². The summed E-state index contributed by atoms with van der Waals surface area (Å²) in [5, 5.41) is 7.95. The Morgan fingerprint density at radius 2 is 2.14 bits per heavy atom. The molecule has 1 aromatic rings. The number of guanidine groups is 1. The Bertz CT molecular complexity index is 528. The fourth-order valence-corrected chi connectivity index (χ4v) is 2.86. The molecule has 8 heteroatoms. The summed E-state index contributed by atoms with van der Waals surface area (Å²) in [5.74, 6) is 0.698. The zero-order valence-electron chi connectivity index (χ0n) is 12.3. The molecule has 2 rings (SSSR count). The molecule has 0 spiro atoms. The number of alkyl halides is 3. The standard InChI is InChI=1S/C14H19F3N4S/c1-2-18-13(20-10-5-3-4-6-10)19-8-7-12-21-11(9-22-12)14(15,16)17/h3-4,9-10H,2,5-8H2,1H3,(H2,18,19,20). The molecule has 0 unspecified atom stereocenters. The second kappa shape index (κ2) is 7.62. The van der Waals surface area contributed by atoms with Crippen LogP contribution in [0.3, 0.4) is 0 Å². The van der Waals surface area contributed by atoms with Gasteiger partial charge in [0.25, 0.3) is 0 Å². The zero-order chi connectivity index (χ0) is 16.0. The van der Waals surface area contributed by atoms with Crippen LogP contribution in [-0.4, -0.2) is 30.1 Å². The summed E-state index contributed by atoms with van der Waals surface area (Å²) in [4.78, 5) is 8.00. The number of nitrogens with zero attached hydrogens (tertiary/aromatic N) is 2. The van der Waals surface area contributed by atoms with E-state index in [-0.39, 0.29) is 0 Å². The molecule has 1 aromatic heterocycles. The van der Waals surface area contributed by atoms with Gasteiger partial charge in [0.05, 0.1) is 5.01 Å². The molecule has 2 N–H and O–H groups in total. The van der Waals surface area contributed by atoms with E-state index in [0.29, 0.717) is 30.0 Å². The van der Waals surface area contributed by atoms with Gasteiger partial charge in [-0.05, 0) is 19.8 Å². The molecule has 1 aliphatic rings. The van der Waals surface area contributed by atoms with Gasteiger partial charge in [-0.2, -0.15) is 13.2 Å². The fourth-order valence-electron chi connectivity index (χ4n) is 2.07. The Balaban J connectivity index is 1.86. The highest BCUT2D eigenvalue weighted by Crippen LogP contribution is 2.30. The monoisotopic (exact) mass is 332 g/mol. The molecule has 0 aromatic carbocycles. The second-order valence-electron chi connectivity index (χ2n) is 4.92. The number of thiazole rings is 1. The van der Waals surface area contributed by atoms with Gasteiger partial charge >= 0.3 is 6.18 Å². The first-order chi connectivity index (χ1) is 10.5. The minimum absolute atomic E-state index is 0.342. The van der Waals surface area contributed by atoms with Gasteiger partial charge in [-0.1, -0.05) is 12.2 Å². The van der Waals surface area contributed by atoms with Crippen LogP contribution in [0.15, 0.2) is 22.5 Å². The van der Waals surface area contributed by atoms with E-state index in [9.17, 15) is 13.2 Å². The minimum atomic E-state index is -4.37. The van der Waals surface area contributed by atoms with Crippen LogP contribution in [0, 0.1) is 0 Å². The van der Waals surface area contributed by atoms with Crippen molar-refractivity contribution in [1.29, 1.82) is 0 Å². The van der Waals surface area contributed by atoms with Crippen molar-refractivity contribution >= 4 is 17.3 Å². The van der Waals surface area contributed by atoms with Crippen molar-refractivity contribution in [3.8, 4) is 0 Å². The molecule has 122 valence electrons. The van der Waals surface area contributed by atoms with Crippen LogP contribution < -0.4 is 10.6 Å². The third-order valence-corrected chi connectivity index (χ3v) is 4.04. The Morgan fingerprint density at radius 1 is 1.41 bits per heavy atom. The highest BCUT2D eigenvalue weighted by Gasteiger charge is 2.33. The molecule has 0 fully saturated rings. The minimum Gasteiger partial charge on any atom is -0.357 e. The van der Waals surface area contributed by atoms with Crippen LogP contribution >= 0.6 is 11.3 Å². The van der Waals surface area contributed by atoms with Crippen molar-refractivity contribution in [3.05, 3.63) is 28.2 Å². The Labute approximate surface area is 131 Å². The summed E-state index contributed by atoms with van der Waals surface area (Å²) >= 11 is 1.02. The lowest BCUT2D eigenvalue weighted by Gasteiger charge is -2.16. The van der Waals surface area contributed by atoms with Crippen molar-refractivity contribution in [3.63, 3.8) is 0 Å². The van der Waals surface area contributed by atoms with Crippen LogP contribution in [0.2, 0.25) is 0 Å². The van der Waals surface area contributed by atoms with Crippen LogP contribution in [0.4, 0.5) is 13.2 Å². The lowest BCUT2D eigenvalue weighted by Crippen LogP contribution is -2.42. The molecule has 22 heavy (non-hydrogen) atoms. The average Bonchev–Trinajstić information content (AvgIpc) is 3.09. The topological polar surface area (TPSA) is 49.3 Å². The number of aliphatic imine (C=N–C) groups is 1. The summed E-state index contributed by atoms with van der Waals surface area (Å²) in [7, 11) is 0. The van der Waals surface area contributed by atoms with E-state index in [1.165, 1.54) is 0 Å². The summed E-state index contributed by atoms with van der Waals surface area (Å²) < 4.78 is 37.4. The summed E-state index contributed by atoms with van der Waals surface area (Å²) in [6.07, 6.45) is 2.20. The highest BCUT2D eigenvalue weighted by molar-refractivity contribution is 7.09. The molecule has 0 radical (unpaired) electrons. The molecule has 0 saturated heterocycles. The fraction of sp³-hybridized carbons (Fsp3) is 0.571. The molecule has 4 nitrogen and oxygen atoms in total. The predicted octanol–water partition coefficient (Wildman–Crippen LogP) is 2.98. The largest absolute Gasteiger partial charge is 0.434 e. The molecular formula is C14H19F3N4S. The van der Waals surface area contributed by atoms with Crippen molar-refractivity contribution < 1.29 is 13.2 Å². The van der Waals surface area contributed by atoms with Crippen molar-refractivity contribution in [2.24, 2.45) is 4.99 Å². The number of nitrogens with one attached hydrogen (secondary N) is 2. The maximum absolute atomic E-state index is 12.5. The van der Waals surface area contributed by atoms with Crippen molar-refractivity contribution in [2.75, 3.05) is 13.1 Å². The summed E-state index contributed by atoms with van der Waals surface area (Å²) in [6.45, 7) is 3.11. The van der Waals surface area contributed by atoms with Gasteiger partial charge in [0.2, 0.25) is 0 Å². The van der Waals surface area contributed by atoms with Gasteiger partial charge in [-0.25, -0.2) is 4.98 Å². The average molecular weight is 332 g/mol. The Hall–Kier alpha value is -1.57. The van der Waals surface area contributed by atoms with E-state index < -0.39 is 11.9 Å². The predicted molar refractivity (Wildman–Crippen MR) is 82.1 cm³/mol. The molecule has 0 aliphatic heterocycles. The lowest BCUT2D eigenvalue weighted by molar-refractivity contribution is -0.140. The van der Waals surface area contributed by atoms with Crippen LogP contribution in [-0.2, 0) is 12.6 Å². The van der Waals surface area contributed by atoms with E-state index in [0.717, 1.165) is 36.1 Å². The van der Waals surface area contributed by atoms with E-state index >= 15 is 0 Å². The van der Waals surface area contributed by atoms with Gasteiger partial charge in [0, 0.05) is 30.9 Å². The molecule has 0 atom stereocenters. The van der Waals surface area contributed by atoms with Crippen LogP contribution in [0.1, 0.15) is 30.5 Å². The first-order valence-corrected chi connectivity index (χ1v) is 8.08. The van der Waals surface area contributed by atoms with Crippen molar-refractivity contribution in [2.45, 2.75) is 38.4 Å². The van der Waals surface area contributed by atoms with E-state index in [1.807, 2.05) is 6.92 Å². The number of hydrogen-bond donors (Lipinski definition) is 2. The SMILES string of the molecule is CCNC(=NCCc1nc(C(F)(F)F)cs1)NC1CC=CC1. The molecule has 0 saturated carbocycles. The summed E-state index contributed by atoms with van der Waals surface area (Å²) in [5.41, 5.74) is -0.821. The third-order valence-electron chi connectivity index (χ3n) is 3.13. The molecule has 1 heterocycles. The first kappa shape index (κ1) is 16.8. The van der Waals surface area contributed by atoms with Gasteiger partial charge in [-0.15, -0.1) is 11.3 Å². The highest BCUT2D eigenvalue weighted by atomic mass is 32.1. The smallest absolute Gasteiger partial charge is 0.357 e. The molecule has 1 aliphatic carbocycles. The van der Waals surface area contributed by atoms with Crippen molar-refractivity contribution in [1.82, 2.24) is 15.6 Å². The van der Waals surface area contributed by atoms with Gasteiger partial charge < -0.3 is 10.6 Å². The third kappa shape index (κ3) is 5.01. The molecule has 0 amide bonds. The van der Waals surface area contributed by atoms with Gasteiger partial charge in [0.15, 0.2) is 11.7 Å². The van der Waals surface area contributed by atoms with Gasteiger partial charge in [0.1, 0.15) is 0 Å². The van der Waals surface area contributed by atoms with E-state index in [2.05, 4.69) is 32.8 Å². The maximum Gasteiger partial charge on any atom is 0.434 e. The second-order valence-corrected chi connectivity index (χ2v) is 5.86. The maximum atomic E-state index is 12.5. The molecule has 0 bridgehead atoms. The summed E-state index contributed by atoms with van der Waals surface area (Å²) in [6, 6.07) is 0.342. The first-order valence-electron chi connectivity index (χ1n) is 7.20. The number of hydrogen-bond acceptors (Lipinski definition) is 3. The Morgan fingerprint density at radius 3 is 2.73 bits per heavy atom. The van der Waals surface area contributed by atoms with E-state index in [4.69, 9.17) is 0 Å². The Kier molecular flexibility index (Phi) is 5.82. The number of aromatic nitrogens is 1. The molecular weight excluding hydrogens is 313 g/mol. The number of rotatable bonds is 5. The quantitative estimate of drug-likeness (QED) is 0.495. The van der Waals surface area contributed by atoms with E-state index in [1.54, 1.807) is 0 Å². The zero-order valence-corrected chi connectivity index (χ0v) is 13.1. The number of halogens is 3.